The molecule has 0 aliphatic heterocycles. The van der Waals surface area contributed by atoms with Crippen molar-refractivity contribution in [2.75, 3.05) is 0 Å². The zero-order valence-electron chi connectivity index (χ0n) is 20.2. The summed E-state index contributed by atoms with van der Waals surface area (Å²) >= 11 is 0. The normalized spacial score (nSPS) is 13.1. The van der Waals surface area contributed by atoms with Gasteiger partial charge in [0.25, 0.3) is 0 Å². The highest BCUT2D eigenvalue weighted by atomic mass is 28.3. The molecule has 0 radical (unpaired) electrons. The summed E-state index contributed by atoms with van der Waals surface area (Å²) in [5, 5.41) is 10.8. The Balaban J connectivity index is 1.45. The van der Waals surface area contributed by atoms with Gasteiger partial charge in [-0.1, -0.05) is 47.7 Å². The molecule has 0 bridgehead atoms. The van der Waals surface area contributed by atoms with E-state index in [1.807, 2.05) is 24.8 Å². The molecule has 6 aromatic heterocycles. The predicted octanol–water partition coefficient (Wildman–Crippen LogP) is 5.91. The Labute approximate surface area is 203 Å². The Kier molecular flexibility index (Phi) is 3.42. The third-order valence-electron chi connectivity index (χ3n) is 8.34. The predicted molar refractivity (Wildman–Crippen MR) is 149 cm³/mol. The molecule has 35 heavy (non-hydrogen) atoms. The molecular weight excluding hydrogens is 444 g/mol. The van der Waals surface area contributed by atoms with Crippen LogP contribution in [0.25, 0.3) is 54.4 Å². The first kappa shape index (κ1) is 19.4. The third-order valence-corrected chi connectivity index (χ3v) is 11.8. The minimum Gasteiger partial charge on any atom is -0.315 e. The van der Waals surface area contributed by atoms with Crippen LogP contribution in [0.5, 0.6) is 0 Å². The van der Waals surface area contributed by atoms with E-state index in [2.05, 4.69) is 94.5 Å². The molecule has 0 atom stereocenters. The van der Waals surface area contributed by atoms with Crippen molar-refractivity contribution in [3.05, 3.63) is 84.7 Å². The van der Waals surface area contributed by atoms with Gasteiger partial charge in [0.2, 0.25) is 0 Å². The summed E-state index contributed by atoms with van der Waals surface area (Å²) in [6.07, 6.45) is 12.4. The van der Waals surface area contributed by atoms with Crippen LogP contribution in [0.15, 0.2) is 73.6 Å². The van der Waals surface area contributed by atoms with E-state index in [4.69, 9.17) is 0 Å². The second-order valence-corrected chi connectivity index (χ2v) is 15.0. The van der Waals surface area contributed by atoms with Gasteiger partial charge < -0.3 is 8.80 Å². The molecule has 0 saturated heterocycles. The molecular formula is C30H24N4Si. The van der Waals surface area contributed by atoms with Crippen molar-refractivity contribution >= 4 is 72.8 Å². The maximum atomic E-state index is 4.46. The minimum atomic E-state index is -2.03. The van der Waals surface area contributed by atoms with Crippen LogP contribution in [0.1, 0.15) is 11.1 Å². The summed E-state index contributed by atoms with van der Waals surface area (Å²) in [5.41, 5.74) is 7.78. The van der Waals surface area contributed by atoms with Gasteiger partial charge in [0, 0.05) is 69.5 Å². The fourth-order valence-electron chi connectivity index (χ4n) is 6.33. The van der Waals surface area contributed by atoms with Crippen LogP contribution in [0.4, 0.5) is 0 Å². The number of hydrogen-bond acceptors (Lipinski definition) is 2. The second-order valence-electron chi connectivity index (χ2n) is 10.6. The third kappa shape index (κ3) is 2.27. The van der Waals surface area contributed by atoms with Crippen molar-refractivity contribution in [1.82, 2.24) is 18.8 Å². The Morgan fingerprint density at radius 2 is 1.03 bits per heavy atom. The van der Waals surface area contributed by atoms with Gasteiger partial charge in [-0.25, -0.2) is 0 Å². The number of hydrogen-bond donors (Lipinski definition) is 0. The van der Waals surface area contributed by atoms with Crippen LogP contribution in [0.3, 0.4) is 0 Å². The first-order valence-corrected chi connectivity index (χ1v) is 15.2. The van der Waals surface area contributed by atoms with E-state index < -0.39 is 8.07 Å². The largest absolute Gasteiger partial charge is 0.315 e. The quantitative estimate of drug-likeness (QED) is 0.296. The van der Waals surface area contributed by atoms with Crippen LogP contribution in [0, 0.1) is 13.8 Å². The molecule has 5 heteroatoms. The average Bonchev–Trinajstić information content (AvgIpc) is 3.58. The molecule has 0 fully saturated rings. The van der Waals surface area contributed by atoms with Gasteiger partial charge in [-0.2, -0.15) is 0 Å². The summed E-state index contributed by atoms with van der Waals surface area (Å²) in [6, 6.07) is 14.1. The monoisotopic (exact) mass is 468 g/mol. The summed E-state index contributed by atoms with van der Waals surface area (Å²) < 4.78 is 4.69. The molecule has 0 aliphatic rings. The Morgan fingerprint density at radius 3 is 1.49 bits per heavy atom. The second kappa shape index (κ2) is 6.18. The van der Waals surface area contributed by atoms with Crippen LogP contribution >= 0.6 is 0 Å². The first-order valence-electron chi connectivity index (χ1n) is 12.2. The van der Waals surface area contributed by atoms with Gasteiger partial charge in [0.1, 0.15) is 8.07 Å². The molecule has 4 nitrogen and oxygen atoms in total. The molecule has 2 aromatic carbocycles. The van der Waals surface area contributed by atoms with Crippen LogP contribution in [-0.4, -0.2) is 26.8 Å². The smallest absolute Gasteiger partial charge is 0.112 e. The zero-order valence-corrected chi connectivity index (χ0v) is 21.2. The average molecular weight is 469 g/mol. The number of nitrogens with zero attached hydrogens (tertiary/aromatic N) is 4. The minimum absolute atomic E-state index is 1.24. The van der Waals surface area contributed by atoms with E-state index in [9.17, 15) is 0 Å². The molecule has 6 heterocycles. The molecule has 0 aliphatic carbocycles. The van der Waals surface area contributed by atoms with Gasteiger partial charge in [-0.15, -0.1) is 0 Å². The van der Waals surface area contributed by atoms with E-state index >= 15 is 0 Å². The van der Waals surface area contributed by atoms with Crippen molar-refractivity contribution in [2.45, 2.75) is 26.9 Å². The number of aromatic nitrogens is 4. The number of benzene rings is 2. The SMILES string of the molecule is Cc1cn2c3ccncc3c3cc([Si](C)(C)c4cc5c(C)cn6c7ccncc7c(c4)c56)cc1c32. The van der Waals surface area contributed by atoms with Crippen molar-refractivity contribution in [2.24, 2.45) is 0 Å². The summed E-state index contributed by atoms with van der Waals surface area (Å²) in [6.45, 7) is 9.45. The number of rotatable bonds is 2. The van der Waals surface area contributed by atoms with E-state index in [1.165, 1.54) is 75.9 Å². The molecule has 0 N–H and O–H groups in total. The molecule has 0 unspecified atom stereocenters. The molecule has 0 saturated carbocycles. The van der Waals surface area contributed by atoms with Gasteiger partial charge in [0.05, 0.1) is 22.1 Å². The Bertz CT molecular complexity index is 1960. The highest BCUT2D eigenvalue weighted by Crippen LogP contribution is 2.36. The number of fused-ring (bicyclic) bond motifs is 6. The highest BCUT2D eigenvalue weighted by molar-refractivity contribution is 7.00. The standard InChI is InChI=1S/C30H24N4Si/c1-17-15-33-27-5-7-31-13-25(27)23-11-19(9-21(17)29(23)33)35(3,4)20-10-22-18(2)16-34-28-6-8-32-14-26(28)24(12-20)30(22)34/h5-16H,1-4H3. The fraction of sp³-hybridized carbons (Fsp3) is 0.133. The Morgan fingerprint density at radius 1 is 0.600 bits per heavy atom. The Hall–Kier alpha value is -3.96. The van der Waals surface area contributed by atoms with Gasteiger partial charge in [-0.05, 0) is 37.1 Å². The highest BCUT2D eigenvalue weighted by Gasteiger charge is 2.30. The zero-order chi connectivity index (χ0) is 23.6. The molecule has 168 valence electrons. The van der Waals surface area contributed by atoms with Crippen LogP contribution < -0.4 is 10.4 Å². The van der Waals surface area contributed by atoms with E-state index in [-0.39, 0.29) is 0 Å². The lowest BCUT2D eigenvalue weighted by molar-refractivity contribution is 1.26. The summed E-state index contributed by atoms with van der Waals surface area (Å²) in [4.78, 5) is 8.91. The summed E-state index contributed by atoms with van der Waals surface area (Å²) in [7, 11) is -2.03. The molecule has 8 rings (SSSR count). The molecule has 8 aromatic rings. The van der Waals surface area contributed by atoms with Gasteiger partial charge in [0.15, 0.2) is 0 Å². The number of pyridine rings is 2. The van der Waals surface area contributed by atoms with Crippen molar-refractivity contribution in [1.29, 1.82) is 0 Å². The van der Waals surface area contributed by atoms with Crippen LogP contribution in [-0.2, 0) is 0 Å². The lowest BCUT2D eigenvalue weighted by Crippen LogP contribution is -2.52. The van der Waals surface area contributed by atoms with Crippen molar-refractivity contribution in [3.63, 3.8) is 0 Å². The lowest BCUT2D eigenvalue weighted by atomic mass is 10.1. The van der Waals surface area contributed by atoms with E-state index in [1.54, 1.807) is 0 Å². The fourth-order valence-corrected chi connectivity index (χ4v) is 8.69. The lowest BCUT2D eigenvalue weighted by Gasteiger charge is -2.25. The van der Waals surface area contributed by atoms with Gasteiger partial charge in [-0.3, -0.25) is 9.97 Å². The van der Waals surface area contributed by atoms with Crippen molar-refractivity contribution < 1.29 is 0 Å². The molecule has 0 amide bonds. The molecule has 0 spiro atoms. The van der Waals surface area contributed by atoms with E-state index in [0.717, 1.165) is 0 Å². The maximum Gasteiger partial charge on any atom is 0.112 e. The summed E-state index contributed by atoms with van der Waals surface area (Å²) in [5.74, 6) is 0. The topological polar surface area (TPSA) is 34.6 Å². The van der Waals surface area contributed by atoms with Gasteiger partial charge >= 0.3 is 0 Å². The first-order chi connectivity index (χ1) is 16.9. The maximum absolute atomic E-state index is 4.46. The van der Waals surface area contributed by atoms with Crippen molar-refractivity contribution in [3.8, 4) is 0 Å². The number of aryl methyl sites for hydroxylation is 2. The van der Waals surface area contributed by atoms with E-state index in [0.29, 0.717) is 0 Å². The van der Waals surface area contributed by atoms with Crippen LogP contribution in [0.2, 0.25) is 13.1 Å².